The maximum absolute atomic E-state index is 12.2. The van der Waals surface area contributed by atoms with E-state index >= 15 is 0 Å². The lowest BCUT2D eigenvalue weighted by Gasteiger charge is -2.48. The largest absolute Gasteiger partial charge is 0.449 e. The number of likely N-dealkylation sites (tertiary alicyclic amines) is 1. The number of carbonyl (C=O) groups is 2. The van der Waals surface area contributed by atoms with Gasteiger partial charge < -0.3 is 14.5 Å². The molecule has 6 nitrogen and oxygen atoms in total. The lowest BCUT2D eigenvalue weighted by Crippen LogP contribution is -2.62. The third-order valence-corrected chi connectivity index (χ3v) is 5.12. The van der Waals surface area contributed by atoms with Gasteiger partial charge in [0.15, 0.2) is 0 Å². The number of piperazine rings is 1. The second kappa shape index (κ2) is 7.31. The van der Waals surface area contributed by atoms with E-state index in [9.17, 15) is 9.59 Å². The Labute approximate surface area is 133 Å². The van der Waals surface area contributed by atoms with E-state index in [-0.39, 0.29) is 17.5 Å². The van der Waals surface area contributed by atoms with Crippen LogP contribution in [-0.4, -0.2) is 79.1 Å². The minimum absolute atomic E-state index is 0.0948. The van der Waals surface area contributed by atoms with Gasteiger partial charge in [-0.25, -0.2) is 4.79 Å². The van der Waals surface area contributed by atoms with Crippen molar-refractivity contribution in [2.24, 2.45) is 0 Å². The molecule has 0 aromatic heterocycles. The summed E-state index contributed by atoms with van der Waals surface area (Å²) in [5, 5.41) is 0. The minimum atomic E-state index is -0.204. The second-order valence-electron chi connectivity index (χ2n) is 6.60. The average Bonchev–Trinajstić information content (AvgIpc) is 2.65. The van der Waals surface area contributed by atoms with Gasteiger partial charge in [-0.1, -0.05) is 13.3 Å². The normalized spacial score (nSPS) is 27.1. The Balaban J connectivity index is 2.01. The summed E-state index contributed by atoms with van der Waals surface area (Å²) in [6, 6.07) is 0. The van der Waals surface area contributed by atoms with Crippen molar-refractivity contribution in [3.8, 4) is 0 Å². The van der Waals surface area contributed by atoms with E-state index in [4.69, 9.17) is 4.74 Å². The van der Waals surface area contributed by atoms with Crippen molar-refractivity contribution in [1.82, 2.24) is 14.7 Å². The highest BCUT2D eigenvalue weighted by Crippen LogP contribution is 2.32. The van der Waals surface area contributed by atoms with Crippen LogP contribution in [0, 0.1) is 0 Å². The first kappa shape index (κ1) is 17.1. The molecule has 0 aromatic carbocycles. The molecule has 0 aromatic rings. The Morgan fingerprint density at radius 1 is 1.23 bits per heavy atom. The lowest BCUT2D eigenvalue weighted by atomic mass is 9.86. The van der Waals surface area contributed by atoms with Crippen LogP contribution in [0.3, 0.4) is 0 Å². The summed E-state index contributed by atoms with van der Waals surface area (Å²) in [7, 11) is 3.97. The molecule has 2 rings (SSSR count). The van der Waals surface area contributed by atoms with Crippen molar-refractivity contribution in [2.45, 2.75) is 44.6 Å². The third-order valence-electron chi connectivity index (χ3n) is 5.12. The number of rotatable bonds is 3. The predicted octanol–water partition coefficient (Wildman–Crippen LogP) is 1.55. The summed E-state index contributed by atoms with van der Waals surface area (Å²) in [6.45, 7) is 5.53. The Morgan fingerprint density at radius 3 is 2.73 bits per heavy atom. The molecule has 2 aliphatic rings. The van der Waals surface area contributed by atoms with E-state index in [2.05, 4.69) is 18.9 Å². The van der Waals surface area contributed by atoms with E-state index in [1.807, 2.05) is 11.9 Å². The van der Waals surface area contributed by atoms with Crippen LogP contribution < -0.4 is 0 Å². The number of amides is 2. The molecule has 22 heavy (non-hydrogen) atoms. The highest BCUT2D eigenvalue weighted by molar-refractivity contribution is 5.76. The van der Waals surface area contributed by atoms with E-state index in [0.717, 1.165) is 38.8 Å². The third kappa shape index (κ3) is 3.72. The number of hydrogen-bond donors (Lipinski definition) is 0. The monoisotopic (exact) mass is 311 g/mol. The second-order valence-corrected chi connectivity index (χ2v) is 6.60. The van der Waals surface area contributed by atoms with Gasteiger partial charge in [0.1, 0.15) is 0 Å². The summed E-state index contributed by atoms with van der Waals surface area (Å²) >= 11 is 0. The predicted molar refractivity (Wildman–Crippen MR) is 84.7 cm³/mol. The highest BCUT2D eigenvalue weighted by Gasteiger charge is 2.43. The van der Waals surface area contributed by atoms with E-state index in [1.54, 1.807) is 4.90 Å². The first-order chi connectivity index (χ1) is 10.5. The maximum Gasteiger partial charge on any atom is 0.409 e. The number of hydrogen-bond acceptors (Lipinski definition) is 4. The SMILES string of the molecule is CCCCOC(=O)N1CCN(C)[C@]2(CCC(=O)N(C)CC2)C1. The Hall–Kier alpha value is -1.30. The van der Waals surface area contributed by atoms with Gasteiger partial charge in [0.2, 0.25) is 5.91 Å². The molecule has 1 spiro atoms. The Morgan fingerprint density at radius 2 is 2.00 bits per heavy atom. The highest BCUT2D eigenvalue weighted by atomic mass is 16.6. The van der Waals surface area contributed by atoms with Crippen LogP contribution >= 0.6 is 0 Å². The van der Waals surface area contributed by atoms with Gasteiger partial charge in [0.25, 0.3) is 0 Å². The molecule has 1 atom stereocenters. The van der Waals surface area contributed by atoms with Gasteiger partial charge >= 0.3 is 6.09 Å². The van der Waals surface area contributed by atoms with Crippen LogP contribution in [0.5, 0.6) is 0 Å². The molecule has 2 saturated heterocycles. The van der Waals surface area contributed by atoms with Crippen molar-refractivity contribution in [2.75, 3.05) is 46.9 Å². The van der Waals surface area contributed by atoms with Crippen molar-refractivity contribution in [3.05, 3.63) is 0 Å². The van der Waals surface area contributed by atoms with Gasteiger partial charge in [0, 0.05) is 45.2 Å². The molecule has 0 unspecified atom stereocenters. The summed E-state index contributed by atoms with van der Waals surface area (Å²) in [5.74, 6) is 0.202. The van der Waals surface area contributed by atoms with Crippen LogP contribution in [0.25, 0.3) is 0 Å². The zero-order valence-corrected chi connectivity index (χ0v) is 14.1. The number of carbonyl (C=O) groups excluding carboxylic acids is 2. The van der Waals surface area contributed by atoms with Gasteiger partial charge in [0.05, 0.1) is 6.61 Å². The smallest absolute Gasteiger partial charge is 0.409 e. The molecule has 2 aliphatic heterocycles. The standard InChI is InChI=1S/C16H29N3O3/c1-4-5-12-22-15(21)19-11-10-18(3)16(13-19)7-6-14(20)17(2)9-8-16/h4-13H2,1-3H3/t16-/m0/s1. The fourth-order valence-corrected chi connectivity index (χ4v) is 3.31. The van der Waals surface area contributed by atoms with Crippen molar-refractivity contribution >= 4 is 12.0 Å². The molecule has 0 bridgehead atoms. The lowest BCUT2D eigenvalue weighted by molar-refractivity contribution is -0.129. The van der Waals surface area contributed by atoms with Gasteiger partial charge in [-0.15, -0.1) is 0 Å². The fourth-order valence-electron chi connectivity index (χ4n) is 3.31. The molecule has 126 valence electrons. The van der Waals surface area contributed by atoms with E-state index in [1.165, 1.54) is 0 Å². The molecule has 2 amide bonds. The van der Waals surface area contributed by atoms with Crippen molar-refractivity contribution in [1.29, 1.82) is 0 Å². The van der Waals surface area contributed by atoms with Crippen LogP contribution in [-0.2, 0) is 9.53 Å². The van der Waals surface area contributed by atoms with Crippen LogP contribution in [0.1, 0.15) is 39.0 Å². The van der Waals surface area contributed by atoms with Gasteiger partial charge in [-0.05, 0) is 26.3 Å². The Bertz CT molecular complexity index is 415. The zero-order chi connectivity index (χ0) is 16.2. The average molecular weight is 311 g/mol. The van der Waals surface area contributed by atoms with Crippen LogP contribution in [0.4, 0.5) is 4.79 Å². The van der Waals surface area contributed by atoms with Gasteiger partial charge in [-0.3, -0.25) is 9.69 Å². The molecule has 6 heteroatoms. The molecular weight excluding hydrogens is 282 g/mol. The Kier molecular flexibility index (Phi) is 5.67. The fraction of sp³-hybridized carbons (Fsp3) is 0.875. The summed E-state index contributed by atoms with van der Waals surface area (Å²) < 4.78 is 5.36. The van der Waals surface area contributed by atoms with E-state index < -0.39 is 0 Å². The molecular formula is C16H29N3O3. The topological polar surface area (TPSA) is 53.1 Å². The van der Waals surface area contributed by atoms with Crippen LogP contribution in [0.15, 0.2) is 0 Å². The van der Waals surface area contributed by atoms with E-state index in [0.29, 0.717) is 26.1 Å². The van der Waals surface area contributed by atoms with Crippen molar-refractivity contribution < 1.29 is 14.3 Å². The maximum atomic E-state index is 12.2. The summed E-state index contributed by atoms with van der Waals surface area (Å²) in [4.78, 5) is 30.1. The molecule has 2 fully saturated rings. The zero-order valence-electron chi connectivity index (χ0n) is 14.1. The minimum Gasteiger partial charge on any atom is -0.449 e. The van der Waals surface area contributed by atoms with Gasteiger partial charge in [-0.2, -0.15) is 0 Å². The molecule has 2 heterocycles. The van der Waals surface area contributed by atoms with Crippen LogP contribution in [0.2, 0.25) is 0 Å². The quantitative estimate of drug-likeness (QED) is 0.742. The molecule has 0 N–H and O–H groups in total. The number of unbranched alkanes of at least 4 members (excludes halogenated alkanes) is 1. The molecule has 0 saturated carbocycles. The first-order valence-corrected chi connectivity index (χ1v) is 8.35. The number of nitrogens with zero attached hydrogens (tertiary/aromatic N) is 3. The molecule has 0 aliphatic carbocycles. The number of ether oxygens (including phenoxy) is 1. The van der Waals surface area contributed by atoms with Crippen molar-refractivity contribution in [3.63, 3.8) is 0 Å². The summed E-state index contributed by atoms with van der Waals surface area (Å²) in [5.41, 5.74) is -0.0948. The first-order valence-electron chi connectivity index (χ1n) is 8.35. The summed E-state index contributed by atoms with van der Waals surface area (Å²) in [6.07, 6.45) is 4.00. The molecule has 0 radical (unpaired) electrons. The number of likely N-dealkylation sites (N-methyl/N-ethyl adjacent to an activating group) is 1.